The molecule has 1 unspecified atom stereocenters. The molecule has 5 nitrogen and oxygen atoms in total. The quantitative estimate of drug-likeness (QED) is 0.739. The smallest absolute Gasteiger partial charge is 0.261 e. The molecule has 1 atom stereocenters. The summed E-state index contributed by atoms with van der Waals surface area (Å²) in [5.74, 6) is 1.01. The van der Waals surface area contributed by atoms with Gasteiger partial charge in [-0.15, -0.1) is 0 Å². The van der Waals surface area contributed by atoms with Crippen molar-refractivity contribution in [1.82, 2.24) is 10.2 Å². The number of rotatable bonds is 8. The van der Waals surface area contributed by atoms with Crippen molar-refractivity contribution in [3.05, 3.63) is 65.2 Å². The number of nitrogens with zero attached hydrogens (tertiary/aromatic N) is 1. The fourth-order valence-electron chi connectivity index (χ4n) is 3.50. The van der Waals surface area contributed by atoms with Crippen LogP contribution in [-0.4, -0.2) is 43.2 Å². The van der Waals surface area contributed by atoms with Gasteiger partial charge in [-0.25, -0.2) is 0 Å². The van der Waals surface area contributed by atoms with Crippen LogP contribution in [0.2, 0.25) is 0 Å². The lowest BCUT2D eigenvalue weighted by molar-refractivity contribution is -0.127. The molecule has 1 saturated heterocycles. The summed E-state index contributed by atoms with van der Waals surface area (Å²) >= 11 is 0. The van der Waals surface area contributed by atoms with Crippen LogP contribution in [0, 0.1) is 0 Å². The number of hydrogen-bond acceptors (Lipinski definition) is 4. The first-order valence-electron chi connectivity index (χ1n) is 10.4. The van der Waals surface area contributed by atoms with Gasteiger partial charge in [-0.2, -0.15) is 0 Å². The Labute approximate surface area is 174 Å². The third kappa shape index (κ3) is 6.31. The summed E-state index contributed by atoms with van der Waals surface area (Å²) in [7, 11) is 0. The first-order valence-corrected chi connectivity index (χ1v) is 10.4. The molecular weight excluding hydrogens is 364 g/mol. The van der Waals surface area contributed by atoms with Gasteiger partial charge in [-0.05, 0) is 35.6 Å². The standard InChI is InChI=1S/C24H32N2O3/c1-18(2)22-9-4-5-10-23(22)29-19(3)24(27)25-16-20-7-6-8-21(15-20)17-26-11-13-28-14-12-26/h4-10,15,18-19H,11-14,16-17H2,1-3H3,(H,25,27). The van der Waals surface area contributed by atoms with E-state index in [1.807, 2.05) is 30.3 Å². The van der Waals surface area contributed by atoms with E-state index in [0.29, 0.717) is 12.5 Å². The monoisotopic (exact) mass is 396 g/mol. The van der Waals surface area contributed by atoms with Gasteiger partial charge in [0.1, 0.15) is 5.75 Å². The minimum atomic E-state index is -0.550. The molecule has 1 aliphatic rings. The highest BCUT2D eigenvalue weighted by molar-refractivity contribution is 5.80. The predicted molar refractivity (Wildman–Crippen MR) is 115 cm³/mol. The van der Waals surface area contributed by atoms with Gasteiger partial charge in [0.05, 0.1) is 13.2 Å². The fraction of sp³-hybridized carbons (Fsp3) is 0.458. The lowest BCUT2D eigenvalue weighted by Gasteiger charge is -2.26. The van der Waals surface area contributed by atoms with Crippen LogP contribution in [0.3, 0.4) is 0 Å². The molecule has 0 aliphatic carbocycles. The molecule has 1 aliphatic heterocycles. The fourth-order valence-corrected chi connectivity index (χ4v) is 3.50. The summed E-state index contributed by atoms with van der Waals surface area (Å²) in [6, 6.07) is 16.3. The van der Waals surface area contributed by atoms with Crippen LogP contribution in [0.4, 0.5) is 0 Å². The summed E-state index contributed by atoms with van der Waals surface area (Å²) in [4.78, 5) is 14.9. The van der Waals surface area contributed by atoms with E-state index in [1.165, 1.54) is 5.56 Å². The number of hydrogen-bond donors (Lipinski definition) is 1. The maximum absolute atomic E-state index is 12.5. The highest BCUT2D eigenvalue weighted by Crippen LogP contribution is 2.26. The van der Waals surface area contributed by atoms with Crippen LogP contribution in [0.5, 0.6) is 5.75 Å². The Morgan fingerprint density at radius 1 is 1.07 bits per heavy atom. The molecular formula is C24H32N2O3. The van der Waals surface area contributed by atoms with E-state index in [4.69, 9.17) is 9.47 Å². The van der Waals surface area contributed by atoms with Crippen LogP contribution < -0.4 is 10.1 Å². The molecule has 3 rings (SSSR count). The number of nitrogens with one attached hydrogen (secondary N) is 1. The molecule has 1 amide bonds. The van der Waals surface area contributed by atoms with E-state index >= 15 is 0 Å². The zero-order valence-electron chi connectivity index (χ0n) is 17.7. The second-order valence-corrected chi connectivity index (χ2v) is 7.88. The van der Waals surface area contributed by atoms with Crippen molar-refractivity contribution in [2.75, 3.05) is 26.3 Å². The topological polar surface area (TPSA) is 50.8 Å². The minimum Gasteiger partial charge on any atom is -0.481 e. The molecule has 1 N–H and O–H groups in total. The number of carbonyl (C=O) groups is 1. The SMILES string of the molecule is CC(Oc1ccccc1C(C)C)C(=O)NCc1cccc(CN2CCOCC2)c1. The van der Waals surface area contributed by atoms with Crippen molar-refractivity contribution >= 4 is 5.91 Å². The maximum Gasteiger partial charge on any atom is 0.261 e. The molecule has 0 saturated carbocycles. The van der Waals surface area contributed by atoms with E-state index in [1.54, 1.807) is 6.92 Å². The summed E-state index contributed by atoms with van der Waals surface area (Å²) in [6.07, 6.45) is -0.550. The summed E-state index contributed by atoms with van der Waals surface area (Å²) < 4.78 is 11.4. The average molecular weight is 397 g/mol. The van der Waals surface area contributed by atoms with Gasteiger partial charge in [-0.1, -0.05) is 56.3 Å². The normalized spacial score (nSPS) is 15.9. The van der Waals surface area contributed by atoms with Crippen LogP contribution in [0.15, 0.2) is 48.5 Å². The number of ether oxygens (including phenoxy) is 2. The lowest BCUT2D eigenvalue weighted by atomic mass is 10.0. The number of benzene rings is 2. The third-order valence-electron chi connectivity index (χ3n) is 5.18. The molecule has 2 aromatic carbocycles. The summed E-state index contributed by atoms with van der Waals surface area (Å²) in [5.41, 5.74) is 3.47. The second-order valence-electron chi connectivity index (χ2n) is 7.88. The second kappa shape index (κ2) is 10.4. The zero-order valence-corrected chi connectivity index (χ0v) is 17.7. The van der Waals surface area contributed by atoms with E-state index in [2.05, 4.69) is 42.3 Å². The summed E-state index contributed by atoms with van der Waals surface area (Å²) in [6.45, 7) is 11.0. The van der Waals surface area contributed by atoms with Gasteiger partial charge >= 0.3 is 0 Å². The van der Waals surface area contributed by atoms with Crippen molar-refractivity contribution in [1.29, 1.82) is 0 Å². The number of amides is 1. The van der Waals surface area contributed by atoms with Crippen LogP contribution in [-0.2, 0) is 22.6 Å². The Hall–Kier alpha value is -2.37. The van der Waals surface area contributed by atoms with Gasteiger partial charge in [0, 0.05) is 26.2 Å². The largest absolute Gasteiger partial charge is 0.481 e. The van der Waals surface area contributed by atoms with Crippen molar-refractivity contribution in [3.63, 3.8) is 0 Å². The Morgan fingerprint density at radius 3 is 2.55 bits per heavy atom. The Bertz CT molecular complexity index is 800. The molecule has 0 spiro atoms. The Morgan fingerprint density at radius 2 is 1.79 bits per heavy atom. The summed E-state index contributed by atoms with van der Waals surface area (Å²) in [5, 5.41) is 3.00. The van der Waals surface area contributed by atoms with E-state index in [-0.39, 0.29) is 5.91 Å². The molecule has 1 fully saturated rings. The van der Waals surface area contributed by atoms with Crippen LogP contribution in [0.25, 0.3) is 0 Å². The van der Waals surface area contributed by atoms with Gasteiger partial charge in [0.15, 0.2) is 6.10 Å². The van der Waals surface area contributed by atoms with Gasteiger partial charge < -0.3 is 14.8 Å². The zero-order chi connectivity index (χ0) is 20.6. The number of morpholine rings is 1. The molecule has 156 valence electrons. The Kier molecular flexibility index (Phi) is 7.67. The van der Waals surface area contributed by atoms with Crippen LogP contribution >= 0.6 is 0 Å². The first kappa shape index (κ1) is 21.3. The van der Waals surface area contributed by atoms with Gasteiger partial charge in [0.25, 0.3) is 5.91 Å². The number of carbonyl (C=O) groups excluding carboxylic acids is 1. The van der Waals surface area contributed by atoms with E-state index in [9.17, 15) is 4.79 Å². The van der Waals surface area contributed by atoms with Gasteiger partial charge in [0.2, 0.25) is 0 Å². The van der Waals surface area contributed by atoms with E-state index in [0.717, 1.165) is 49.7 Å². The molecule has 2 aromatic rings. The first-order chi connectivity index (χ1) is 14.0. The molecule has 5 heteroatoms. The van der Waals surface area contributed by atoms with E-state index < -0.39 is 6.10 Å². The predicted octanol–water partition coefficient (Wildman–Crippen LogP) is 3.73. The highest BCUT2D eigenvalue weighted by atomic mass is 16.5. The van der Waals surface area contributed by atoms with Crippen molar-refractivity contribution < 1.29 is 14.3 Å². The third-order valence-corrected chi connectivity index (χ3v) is 5.18. The maximum atomic E-state index is 12.5. The van der Waals surface area contributed by atoms with Crippen molar-refractivity contribution in [2.45, 2.75) is 45.9 Å². The van der Waals surface area contributed by atoms with Crippen LogP contribution in [0.1, 0.15) is 43.4 Å². The molecule has 0 aromatic heterocycles. The average Bonchev–Trinajstić information content (AvgIpc) is 2.73. The lowest BCUT2D eigenvalue weighted by Crippen LogP contribution is -2.36. The molecule has 0 radical (unpaired) electrons. The van der Waals surface area contributed by atoms with Crippen molar-refractivity contribution in [2.24, 2.45) is 0 Å². The minimum absolute atomic E-state index is 0.109. The highest BCUT2D eigenvalue weighted by Gasteiger charge is 2.17. The van der Waals surface area contributed by atoms with Crippen molar-refractivity contribution in [3.8, 4) is 5.75 Å². The molecule has 1 heterocycles. The Balaban J connectivity index is 1.53. The van der Waals surface area contributed by atoms with Gasteiger partial charge in [-0.3, -0.25) is 9.69 Å². The number of para-hydroxylation sites is 1. The molecule has 29 heavy (non-hydrogen) atoms. The molecule has 0 bridgehead atoms.